The molecule has 3 rings (SSSR count). The van der Waals surface area contributed by atoms with Gasteiger partial charge in [-0.25, -0.2) is 9.97 Å². The second-order valence-corrected chi connectivity index (χ2v) is 4.82. The molecule has 0 amide bonds. The van der Waals surface area contributed by atoms with Crippen molar-refractivity contribution in [2.24, 2.45) is 0 Å². The molecule has 1 aromatic carbocycles. The molecule has 4 heteroatoms. The lowest BCUT2D eigenvalue weighted by molar-refractivity contribution is 0.101. The normalized spacial score (nSPS) is 10.6. The van der Waals surface area contributed by atoms with E-state index in [4.69, 9.17) is 4.74 Å². The van der Waals surface area contributed by atoms with Gasteiger partial charge in [-0.2, -0.15) is 0 Å². The quantitative estimate of drug-likeness (QED) is 0.681. The first-order chi connectivity index (χ1) is 10.1. The number of aryl methyl sites for hydroxylation is 1. The first-order valence-corrected chi connectivity index (χ1v) is 6.65. The molecule has 2 aromatic heterocycles. The lowest BCUT2D eigenvalue weighted by atomic mass is 10.2. The largest absolute Gasteiger partial charge is 0.437 e. The molecule has 0 fully saturated rings. The minimum absolute atomic E-state index is 0.0171. The van der Waals surface area contributed by atoms with Crippen molar-refractivity contribution in [2.45, 2.75) is 13.8 Å². The number of ketones is 1. The highest BCUT2D eigenvalue weighted by Crippen LogP contribution is 2.27. The fraction of sp³-hybridized carbons (Fsp3) is 0.118. The van der Waals surface area contributed by atoms with E-state index in [2.05, 4.69) is 9.97 Å². The van der Waals surface area contributed by atoms with Gasteiger partial charge in [-0.05, 0) is 32.0 Å². The van der Waals surface area contributed by atoms with E-state index < -0.39 is 0 Å². The molecule has 0 saturated carbocycles. The third kappa shape index (κ3) is 2.74. The van der Waals surface area contributed by atoms with Gasteiger partial charge in [-0.3, -0.25) is 4.79 Å². The maximum Gasteiger partial charge on any atom is 0.219 e. The fourth-order valence-electron chi connectivity index (χ4n) is 2.06. The summed E-state index contributed by atoms with van der Waals surface area (Å²) < 4.78 is 5.80. The number of benzene rings is 1. The smallest absolute Gasteiger partial charge is 0.219 e. The molecule has 0 aliphatic carbocycles. The molecule has 4 nitrogen and oxygen atoms in total. The zero-order chi connectivity index (χ0) is 14.8. The summed E-state index contributed by atoms with van der Waals surface area (Å²) in [6.45, 7) is 3.45. The Morgan fingerprint density at radius 3 is 2.67 bits per heavy atom. The van der Waals surface area contributed by atoms with Crippen LogP contribution in [0, 0.1) is 6.92 Å². The molecule has 3 aromatic rings. The van der Waals surface area contributed by atoms with Gasteiger partial charge in [0.25, 0.3) is 0 Å². The van der Waals surface area contributed by atoms with Gasteiger partial charge in [0.1, 0.15) is 5.52 Å². The van der Waals surface area contributed by atoms with E-state index >= 15 is 0 Å². The van der Waals surface area contributed by atoms with E-state index in [0.717, 1.165) is 16.6 Å². The minimum atomic E-state index is -0.0171. The maximum absolute atomic E-state index is 11.2. The van der Waals surface area contributed by atoms with Crippen LogP contribution in [0.3, 0.4) is 0 Å². The molecule has 0 aliphatic rings. The molecule has 2 heterocycles. The van der Waals surface area contributed by atoms with Crippen LogP contribution in [0.5, 0.6) is 11.6 Å². The highest BCUT2D eigenvalue weighted by molar-refractivity contribution is 5.93. The lowest BCUT2D eigenvalue weighted by Crippen LogP contribution is -1.95. The number of fused-ring (bicyclic) bond motifs is 1. The number of carbonyl (C=O) groups excluding carboxylic acids is 1. The summed E-state index contributed by atoms with van der Waals surface area (Å²) in [5.74, 6) is 1.08. The molecule has 0 atom stereocenters. The molecule has 104 valence electrons. The van der Waals surface area contributed by atoms with Crippen LogP contribution in [0.1, 0.15) is 23.0 Å². The number of hydrogen-bond acceptors (Lipinski definition) is 4. The molecule has 0 unspecified atom stereocenters. The van der Waals surface area contributed by atoms with E-state index in [1.807, 2.05) is 37.3 Å². The van der Waals surface area contributed by atoms with E-state index in [-0.39, 0.29) is 5.78 Å². The molecule has 0 radical (unpaired) electrons. The van der Waals surface area contributed by atoms with Crippen molar-refractivity contribution in [3.63, 3.8) is 0 Å². The summed E-state index contributed by atoms with van der Waals surface area (Å²) in [5, 5.41) is 1.01. The van der Waals surface area contributed by atoms with Crippen molar-refractivity contribution < 1.29 is 9.53 Å². The lowest BCUT2D eigenvalue weighted by Gasteiger charge is -2.08. The van der Waals surface area contributed by atoms with Gasteiger partial charge in [0.2, 0.25) is 5.88 Å². The Hall–Kier alpha value is -2.75. The molecule has 21 heavy (non-hydrogen) atoms. The second-order valence-electron chi connectivity index (χ2n) is 4.82. The minimum Gasteiger partial charge on any atom is -0.437 e. The summed E-state index contributed by atoms with van der Waals surface area (Å²) in [6, 6.07) is 13.1. The zero-order valence-corrected chi connectivity index (χ0v) is 11.8. The van der Waals surface area contributed by atoms with E-state index in [9.17, 15) is 4.79 Å². The molecule has 0 N–H and O–H groups in total. The highest BCUT2D eigenvalue weighted by atomic mass is 16.5. The Morgan fingerprint density at radius 1 is 1.10 bits per heavy atom. The van der Waals surface area contributed by atoms with Crippen LogP contribution >= 0.6 is 0 Å². The average Bonchev–Trinajstić information content (AvgIpc) is 2.48. The Balaban J connectivity index is 1.97. The molecule has 0 spiro atoms. The van der Waals surface area contributed by atoms with Crippen molar-refractivity contribution in [3.05, 3.63) is 59.9 Å². The van der Waals surface area contributed by atoms with Gasteiger partial charge >= 0.3 is 0 Å². The molecule has 0 bridgehead atoms. The van der Waals surface area contributed by atoms with Gasteiger partial charge in [0.15, 0.2) is 11.5 Å². The van der Waals surface area contributed by atoms with Crippen LogP contribution in [-0.4, -0.2) is 15.8 Å². The number of ether oxygens (including phenoxy) is 1. The molecule has 0 aliphatic heterocycles. The van der Waals surface area contributed by atoms with Crippen LogP contribution in [0.25, 0.3) is 10.9 Å². The number of Topliss-reactive ketones (excluding diaryl/α,β-unsaturated/α-hetero) is 1. The van der Waals surface area contributed by atoms with Gasteiger partial charge in [-0.15, -0.1) is 0 Å². The third-order valence-corrected chi connectivity index (χ3v) is 3.18. The van der Waals surface area contributed by atoms with Crippen molar-refractivity contribution in [2.75, 3.05) is 0 Å². The van der Waals surface area contributed by atoms with Gasteiger partial charge in [0, 0.05) is 28.9 Å². The standard InChI is InChI=1S/C17H14N2O2/c1-11-6-7-13-4-3-5-15(17(13)19-11)21-16-9-8-14(10-18-16)12(2)20/h3-10H,1-2H3. The van der Waals surface area contributed by atoms with Crippen molar-refractivity contribution >= 4 is 16.7 Å². The number of carbonyl (C=O) groups is 1. The second kappa shape index (κ2) is 5.32. The maximum atomic E-state index is 11.2. The first-order valence-electron chi connectivity index (χ1n) is 6.65. The Bertz CT molecular complexity index is 811. The summed E-state index contributed by atoms with van der Waals surface area (Å²) >= 11 is 0. The number of pyridine rings is 2. The van der Waals surface area contributed by atoms with Crippen molar-refractivity contribution in [1.82, 2.24) is 9.97 Å². The Kier molecular flexibility index (Phi) is 3.36. The Labute approximate surface area is 122 Å². The first kappa shape index (κ1) is 13.2. The van der Waals surface area contributed by atoms with E-state index in [0.29, 0.717) is 17.2 Å². The van der Waals surface area contributed by atoms with E-state index in [1.54, 1.807) is 12.1 Å². The van der Waals surface area contributed by atoms with Crippen molar-refractivity contribution in [3.8, 4) is 11.6 Å². The average molecular weight is 278 g/mol. The monoisotopic (exact) mass is 278 g/mol. The Morgan fingerprint density at radius 2 is 1.95 bits per heavy atom. The number of nitrogens with zero attached hydrogens (tertiary/aromatic N) is 2. The number of aromatic nitrogens is 2. The SMILES string of the molecule is CC(=O)c1ccc(Oc2cccc3ccc(C)nc23)nc1. The number of hydrogen-bond donors (Lipinski definition) is 0. The number of para-hydroxylation sites is 1. The summed E-state index contributed by atoms with van der Waals surface area (Å²) in [6.07, 6.45) is 1.52. The molecular formula is C17H14N2O2. The predicted molar refractivity (Wildman–Crippen MR) is 80.8 cm³/mol. The third-order valence-electron chi connectivity index (χ3n) is 3.18. The summed E-state index contributed by atoms with van der Waals surface area (Å²) in [4.78, 5) is 19.9. The van der Waals surface area contributed by atoms with Crippen LogP contribution in [-0.2, 0) is 0 Å². The van der Waals surface area contributed by atoms with Crippen LogP contribution < -0.4 is 4.74 Å². The summed E-state index contributed by atoms with van der Waals surface area (Å²) in [5.41, 5.74) is 2.29. The zero-order valence-electron chi connectivity index (χ0n) is 11.8. The fourth-order valence-corrected chi connectivity index (χ4v) is 2.06. The van der Waals surface area contributed by atoms with Crippen LogP contribution in [0.2, 0.25) is 0 Å². The van der Waals surface area contributed by atoms with Gasteiger partial charge in [-0.1, -0.05) is 18.2 Å². The molecule has 0 saturated heterocycles. The molecular weight excluding hydrogens is 264 g/mol. The van der Waals surface area contributed by atoms with Gasteiger partial charge < -0.3 is 4.74 Å². The van der Waals surface area contributed by atoms with Gasteiger partial charge in [0.05, 0.1) is 0 Å². The van der Waals surface area contributed by atoms with E-state index in [1.165, 1.54) is 13.1 Å². The summed E-state index contributed by atoms with van der Waals surface area (Å²) in [7, 11) is 0. The van der Waals surface area contributed by atoms with Crippen LogP contribution in [0.4, 0.5) is 0 Å². The van der Waals surface area contributed by atoms with Crippen molar-refractivity contribution in [1.29, 1.82) is 0 Å². The topological polar surface area (TPSA) is 52.1 Å². The van der Waals surface area contributed by atoms with Crippen LogP contribution in [0.15, 0.2) is 48.7 Å². The highest BCUT2D eigenvalue weighted by Gasteiger charge is 2.07. The number of rotatable bonds is 3. The predicted octanol–water partition coefficient (Wildman–Crippen LogP) is 3.93.